The lowest BCUT2D eigenvalue weighted by atomic mass is 9.99. The van der Waals surface area contributed by atoms with Crippen molar-refractivity contribution in [1.29, 1.82) is 0 Å². The summed E-state index contributed by atoms with van der Waals surface area (Å²) in [6.07, 6.45) is 64.2. The number of carbonyl (C=O) groups is 1. The van der Waals surface area contributed by atoms with Crippen LogP contribution in [0.4, 0.5) is 0 Å². The molecule has 0 aromatic heterocycles. The molecule has 0 spiro atoms. The number of carbonyl (C=O) groups excluding carboxylic acids is 1. The second-order valence-electron chi connectivity index (χ2n) is 22.9. The Hall–Kier alpha value is -1.33. The molecule has 6 N–H and O–H groups in total. The van der Waals surface area contributed by atoms with Gasteiger partial charge in [0.1, 0.15) is 24.4 Å². The van der Waals surface area contributed by atoms with E-state index in [0.29, 0.717) is 6.42 Å². The third kappa shape index (κ3) is 43.6. The highest BCUT2D eigenvalue weighted by Gasteiger charge is 2.44. The summed E-state index contributed by atoms with van der Waals surface area (Å²) in [7, 11) is 0. The van der Waals surface area contributed by atoms with Gasteiger partial charge in [0.15, 0.2) is 6.29 Å². The molecule has 0 saturated carbocycles. The first-order chi connectivity index (χ1) is 36.3. The summed E-state index contributed by atoms with van der Waals surface area (Å²) in [6, 6.07) is -0.819. The fourth-order valence-electron chi connectivity index (χ4n) is 10.6. The molecule has 1 heterocycles. The maximum absolute atomic E-state index is 13.1. The number of aliphatic hydroxyl groups excluding tert-OH is 5. The van der Waals surface area contributed by atoms with Crippen molar-refractivity contribution in [2.24, 2.45) is 0 Å². The number of ether oxygens (including phenoxy) is 2. The molecule has 1 fully saturated rings. The van der Waals surface area contributed by atoms with Crippen LogP contribution in [0.25, 0.3) is 0 Å². The number of aliphatic hydroxyl groups is 5. The van der Waals surface area contributed by atoms with Crippen molar-refractivity contribution in [2.45, 2.75) is 371 Å². The SMILES string of the molecule is CCCCCCCCCCCCCCCCCCCC/C=C/CC/C=C/C(O)C(COC1OC(CO)C(O)C(O)C1O)NC(=O)CCCCCCCCCCCCCCCCCCCCCCCCCCCCC. The van der Waals surface area contributed by atoms with Gasteiger partial charge in [0, 0.05) is 6.42 Å². The standard InChI is InChI=1S/C65H125NO8/c1-3-5-7-9-11-13-15-17-19-21-23-25-27-29-30-31-33-35-37-39-41-43-45-47-49-51-53-55-61(69)66-58(57-73-65-64(72)63(71)62(70)60(56-67)74-65)59(68)54-52-50-48-46-44-42-40-38-36-34-32-28-26-24-22-20-18-16-14-12-10-8-6-4-2/h44,46,52,54,58-60,62-65,67-68,70-72H,3-43,45,47-51,53,55-57H2,1-2H3,(H,66,69)/b46-44+,54-52+. The molecule has 9 nitrogen and oxygen atoms in total. The molecule has 0 aromatic rings. The monoisotopic (exact) mass is 1050 g/mol. The molecule has 0 radical (unpaired) electrons. The molecule has 1 saturated heterocycles. The van der Waals surface area contributed by atoms with Crippen LogP contribution >= 0.6 is 0 Å². The zero-order chi connectivity index (χ0) is 53.6. The molecule has 0 aliphatic carbocycles. The number of hydrogen-bond acceptors (Lipinski definition) is 8. The van der Waals surface area contributed by atoms with Gasteiger partial charge < -0.3 is 40.3 Å². The molecule has 1 aliphatic heterocycles. The minimum atomic E-state index is -1.57. The number of hydrogen-bond donors (Lipinski definition) is 6. The quantitative estimate of drug-likeness (QED) is 0.0261. The van der Waals surface area contributed by atoms with E-state index in [4.69, 9.17) is 9.47 Å². The molecule has 1 rings (SSSR count). The molecule has 0 bridgehead atoms. The van der Waals surface area contributed by atoms with Crippen molar-refractivity contribution < 1.29 is 39.8 Å². The van der Waals surface area contributed by atoms with E-state index in [-0.39, 0.29) is 12.5 Å². The lowest BCUT2D eigenvalue weighted by Gasteiger charge is -2.40. The Morgan fingerprint density at radius 1 is 0.446 bits per heavy atom. The topological polar surface area (TPSA) is 149 Å². The maximum atomic E-state index is 13.1. The Bertz CT molecular complexity index is 1210. The smallest absolute Gasteiger partial charge is 0.220 e. The lowest BCUT2D eigenvalue weighted by Crippen LogP contribution is -2.60. The van der Waals surface area contributed by atoms with Crippen LogP contribution in [0.1, 0.15) is 328 Å². The summed E-state index contributed by atoms with van der Waals surface area (Å²) in [6.45, 7) is 3.82. The van der Waals surface area contributed by atoms with Crippen LogP contribution in [0, 0.1) is 0 Å². The normalized spacial score (nSPS) is 19.0. The van der Waals surface area contributed by atoms with Crippen molar-refractivity contribution >= 4 is 5.91 Å². The number of unbranched alkanes of at least 4 members (excludes halogenated alkanes) is 45. The lowest BCUT2D eigenvalue weighted by molar-refractivity contribution is -0.302. The van der Waals surface area contributed by atoms with Crippen molar-refractivity contribution in [1.82, 2.24) is 5.32 Å². The van der Waals surface area contributed by atoms with Crippen LogP contribution in [0.5, 0.6) is 0 Å². The van der Waals surface area contributed by atoms with Crippen LogP contribution in [-0.2, 0) is 14.3 Å². The third-order valence-corrected chi connectivity index (χ3v) is 15.8. The third-order valence-electron chi connectivity index (χ3n) is 15.8. The summed E-state index contributed by atoms with van der Waals surface area (Å²) in [4.78, 5) is 13.1. The highest BCUT2D eigenvalue weighted by Crippen LogP contribution is 2.23. The van der Waals surface area contributed by atoms with Gasteiger partial charge in [0.05, 0.1) is 25.4 Å². The van der Waals surface area contributed by atoms with Crippen molar-refractivity contribution in [3.05, 3.63) is 24.3 Å². The molecule has 438 valence electrons. The van der Waals surface area contributed by atoms with Crippen LogP contribution in [0.3, 0.4) is 0 Å². The minimum absolute atomic E-state index is 0.179. The van der Waals surface area contributed by atoms with E-state index in [1.807, 2.05) is 6.08 Å². The number of amides is 1. The summed E-state index contributed by atoms with van der Waals surface area (Å²) < 4.78 is 11.3. The van der Waals surface area contributed by atoms with E-state index in [2.05, 4.69) is 31.3 Å². The first-order valence-electron chi connectivity index (χ1n) is 32.6. The van der Waals surface area contributed by atoms with Crippen molar-refractivity contribution in [2.75, 3.05) is 13.2 Å². The van der Waals surface area contributed by atoms with Gasteiger partial charge in [0.25, 0.3) is 0 Å². The molecule has 1 aliphatic rings. The van der Waals surface area contributed by atoms with Gasteiger partial charge in [-0.05, 0) is 32.1 Å². The molecule has 7 unspecified atom stereocenters. The molecule has 7 atom stereocenters. The summed E-state index contributed by atoms with van der Waals surface area (Å²) in [5.74, 6) is -0.179. The van der Waals surface area contributed by atoms with Crippen molar-refractivity contribution in [3.63, 3.8) is 0 Å². The largest absolute Gasteiger partial charge is 0.394 e. The number of nitrogens with one attached hydrogen (secondary N) is 1. The second-order valence-corrected chi connectivity index (χ2v) is 22.9. The predicted molar refractivity (Wildman–Crippen MR) is 314 cm³/mol. The van der Waals surface area contributed by atoms with Crippen LogP contribution in [-0.4, -0.2) is 87.5 Å². The van der Waals surface area contributed by atoms with Gasteiger partial charge in [-0.2, -0.15) is 0 Å². The van der Waals surface area contributed by atoms with E-state index >= 15 is 0 Å². The Morgan fingerprint density at radius 3 is 1.14 bits per heavy atom. The fraction of sp³-hybridized carbons (Fsp3) is 0.923. The predicted octanol–water partition coefficient (Wildman–Crippen LogP) is 16.9. The first-order valence-corrected chi connectivity index (χ1v) is 32.6. The van der Waals surface area contributed by atoms with E-state index in [1.165, 1.54) is 270 Å². The minimum Gasteiger partial charge on any atom is -0.394 e. The van der Waals surface area contributed by atoms with Gasteiger partial charge in [-0.3, -0.25) is 4.79 Å². The highest BCUT2D eigenvalue weighted by molar-refractivity contribution is 5.76. The summed E-state index contributed by atoms with van der Waals surface area (Å²) in [5.41, 5.74) is 0. The molecule has 1 amide bonds. The maximum Gasteiger partial charge on any atom is 0.220 e. The van der Waals surface area contributed by atoms with Crippen LogP contribution in [0.15, 0.2) is 24.3 Å². The number of allylic oxidation sites excluding steroid dienone is 3. The fourth-order valence-corrected chi connectivity index (χ4v) is 10.6. The summed E-state index contributed by atoms with van der Waals surface area (Å²) >= 11 is 0. The van der Waals surface area contributed by atoms with E-state index in [9.17, 15) is 30.3 Å². The molecule has 9 heteroatoms. The summed E-state index contributed by atoms with van der Waals surface area (Å²) in [5, 5.41) is 54.6. The Labute approximate surface area is 458 Å². The molecular formula is C65H125NO8. The average molecular weight is 1050 g/mol. The first kappa shape index (κ1) is 70.7. The van der Waals surface area contributed by atoms with Crippen molar-refractivity contribution in [3.8, 4) is 0 Å². The van der Waals surface area contributed by atoms with Gasteiger partial charge >= 0.3 is 0 Å². The second kappa shape index (κ2) is 55.0. The zero-order valence-electron chi connectivity index (χ0n) is 48.9. The Balaban J connectivity index is 2.17. The van der Waals surface area contributed by atoms with Gasteiger partial charge in [-0.25, -0.2) is 0 Å². The van der Waals surface area contributed by atoms with Gasteiger partial charge in [-0.15, -0.1) is 0 Å². The van der Waals surface area contributed by atoms with E-state index in [1.54, 1.807) is 6.08 Å². The van der Waals surface area contributed by atoms with Gasteiger partial charge in [-0.1, -0.05) is 314 Å². The highest BCUT2D eigenvalue weighted by atomic mass is 16.7. The Morgan fingerprint density at radius 2 is 0.770 bits per heavy atom. The molecular weight excluding hydrogens is 923 g/mol. The number of rotatable bonds is 57. The molecule has 74 heavy (non-hydrogen) atoms. The Kier molecular flexibility index (Phi) is 52.5. The van der Waals surface area contributed by atoms with E-state index < -0.39 is 49.5 Å². The van der Waals surface area contributed by atoms with Crippen LogP contribution < -0.4 is 5.32 Å². The van der Waals surface area contributed by atoms with Gasteiger partial charge in [0.2, 0.25) is 5.91 Å². The zero-order valence-corrected chi connectivity index (χ0v) is 48.9. The van der Waals surface area contributed by atoms with Crippen LogP contribution in [0.2, 0.25) is 0 Å². The molecule has 0 aromatic carbocycles. The average Bonchev–Trinajstić information content (AvgIpc) is 3.40. The van der Waals surface area contributed by atoms with E-state index in [0.717, 1.165) is 38.5 Å².